The first kappa shape index (κ1) is 21.3. The molecule has 5 rings (SSSR count). The number of rotatable bonds is 4. The molecule has 0 saturated heterocycles. The summed E-state index contributed by atoms with van der Waals surface area (Å²) in [5, 5.41) is 21.2. The van der Waals surface area contributed by atoms with E-state index in [4.69, 9.17) is 38.1 Å². The Morgan fingerprint density at radius 2 is 1.73 bits per heavy atom. The molecule has 1 N–H and O–H groups in total. The fourth-order valence-electron chi connectivity index (χ4n) is 4.20. The number of fused-ring (bicyclic) bond motifs is 3. The van der Waals surface area contributed by atoms with Crippen molar-refractivity contribution in [3.05, 3.63) is 106 Å². The molecule has 0 bridgehead atoms. The van der Waals surface area contributed by atoms with Crippen molar-refractivity contribution < 1.29 is 9.47 Å². The number of hydrogen-bond acceptors (Lipinski definition) is 4. The summed E-state index contributed by atoms with van der Waals surface area (Å²) in [5.41, 5.74) is 2.74. The maximum Gasteiger partial charge on any atom is 0.205 e. The first-order valence-corrected chi connectivity index (χ1v) is 11.1. The SMILES string of the molecule is N#CC1C(=N)Oc2c(ccc3ccccc23)C1c1ccc(OCc2ccc(Cl)c(Cl)c2)cc1. The fourth-order valence-corrected chi connectivity index (χ4v) is 4.52. The average molecular weight is 473 g/mol. The average Bonchev–Trinajstić information content (AvgIpc) is 2.84. The van der Waals surface area contributed by atoms with Gasteiger partial charge in [0.05, 0.1) is 16.1 Å². The standard InChI is InChI=1S/C27H18Cl2N2O2/c28-23-12-5-16(13-24(23)29)15-32-19-9-6-18(7-10-19)25-21-11-8-17-3-1-2-4-20(17)26(21)33-27(31)22(25)14-30/h1-13,22,25,31H,15H2. The van der Waals surface area contributed by atoms with Gasteiger partial charge >= 0.3 is 0 Å². The second kappa shape index (κ2) is 8.78. The number of halogens is 2. The molecule has 0 amide bonds. The van der Waals surface area contributed by atoms with Crippen LogP contribution in [0.3, 0.4) is 0 Å². The molecule has 4 aromatic carbocycles. The van der Waals surface area contributed by atoms with Gasteiger partial charge in [0.2, 0.25) is 5.90 Å². The van der Waals surface area contributed by atoms with E-state index in [1.807, 2.05) is 66.7 Å². The molecule has 1 aliphatic heterocycles. The summed E-state index contributed by atoms with van der Waals surface area (Å²) in [6.45, 7) is 0.355. The third-order valence-electron chi connectivity index (χ3n) is 5.84. The minimum absolute atomic E-state index is 0.0358. The Labute approximate surface area is 201 Å². The summed E-state index contributed by atoms with van der Waals surface area (Å²) in [7, 11) is 0. The van der Waals surface area contributed by atoms with Gasteiger partial charge in [0.1, 0.15) is 24.0 Å². The summed E-state index contributed by atoms with van der Waals surface area (Å²) in [6, 6.07) is 27.2. The summed E-state index contributed by atoms with van der Waals surface area (Å²) in [5.74, 6) is 0.293. The third kappa shape index (κ3) is 4.02. The van der Waals surface area contributed by atoms with Crippen LogP contribution < -0.4 is 9.47 Å². The van der Waals surface area contributed by atoms with Crippen molar-refractivity contribution in [1.29, 1.82) is 10.7 Å². The molecule has 4 aromatic rings. The molecule has 162 valence electrons. The quantitative estimate of drug-likeness (QED) is 0.337. The number of ether oxygens (including phenoxy) is 2. The second-order valence-corrected chi connectivity index (χ2v) is 8.68. The van der Waals surface area contributed by atoms with Gasteiger partial charge in [-0.1, -0.05) is 77.8 Å². The van der Waals surface area contributed by atoms with Gasteiger partial charge in [-0.15, -0.1) is 0 Å². The van der Waals surface area contributed by atoms with Gasteiger partial charge in [-0.25, -0.2) is 0 Å². The van der Waals surface area contributed by atoms with Gasteiger partial charge in [0, 0.05) is 16.9 Å². The molecule has 0 spiro atoms. The van der Waals surface area contributed by atoms with Gasteiger partial charge in [-0.2, -0.15) is 5.26 Å². The molecule has 0 radical (unpaired) electrons. The summed E-state index contributed by atoms with van der Waals surface area (Å²) < 4.78 is 11.7. The second-order valence-electron chi connectivity index (χ2n) is 7.86. The Kier molecular flexibility index (Phi) is 5.68. The molecular formula is C27H18Cl2N2O2. The predicted molar refractivity (Wildman–Crippen MR) is 130 cm³/mol. The highest BCUT2D eigenvalue weighted by Crippen LogP contribution is 2.45. The molecule has 33 heavy (non-hydrogen) atoms. The molecule has 2 atom stereocenters. The van der Waals surface area contributed by atoms with Crippen molar-refractivity contribution in [3.8, 4) is 17.6 Å². The van der Waals surface area contributed by atoms with Gasteiger partial charge in [0.25, 0.3) is 0 Å². The van der Waals surface area contributed by atoms with E-state index in [1.54, 1.807) is 12.1 Å². The van der Waals surface area contributed by atoms with E-state index in [9.17, 15) is 5.26 Å². The van der Waals surface area contributed by atoms with Crippen LogP contribution in [0.25, 0.3) is 10.8 Å². The van der Waals surface area contributed by atoms with Crippen molar-refractivity contribution in [2.24, 2.45) is 5.92 Å². The summed E-state index contributed by atoms with van der Waals surface area (Å²) >= 11 is 12.0. The Morgan fingerprint density at radius 3 is 2.48 bits per heavy atom. The van der Waals surface area contributed by atoms with Crippen molar-refractivity contribution in [1.82, 2.24) is 0 Å². The van der Waals surface area contributed by atoms with Crippen LogP contribution in [0.15, 0.2) is 78.9 Å². The maximum absolute atomic E-state index is 9.82. The number of nitriles is 1. The highest BCUT2D eigenvalue weighted by Gasteiger charge is 2.37. The topological polar surface area (TPSA) is 66.1 Å². The van der Waals surface area contributed by atoms with Gasteiger partial charge in [0.15, 0.2) is 0 Å². The third-order valence-corrected chi connectivity index (χ3v) is 6.58. The molecule has 1 heterocycles. The highest BCUT2D eigenvalue weighted by atomic mass is 35.5. The van der Waals surface area contributed by atoms with Crippen LogP contribution in [0, 0.1) is 22.7 Å². The first-order chi connectivity index (χ1) is 16.0. The fraction of sp³-hybridized carbons (Fsp3) is 0.111. The molecule has 0 aliphatic carbocycles. The lowest BCUT2D eigenvalue weighted by molar-refractivity contribution is 0.306. The zero-order valence-electron chi connectivity index (χ0n) is 17.4. The zero-order valence-corrected chi connectivity index (χ0v) is 18.9. The van der Waals surface area contributed by atoms with E-state index < -0.39 is 5.92 Å². The van der Waals surface area contributed by atoms with Crippen molar-refractivity contribution in [3.63, 3.8) is 0 Å². The summed E-state index contributed by atoms with van der Waals surface area (Å²) in [6.07, 6.45) is 0. The van der Waals surface area contributed by atoms with E-state index >= 15 is 0 Å². The Morgan fingerprint density at radius 1 is 0.939 bits per heavy atom. The monoisotopic (exact) mass is 472 g/mol. The van der Waals surface area contributed by atoms with Crippen LogP contribution >= 0.6 is 23.2 Å². The smallest absolute Gasteiger partial charge is 0.205 e. The lowest BCUT2D eigenvalue weighted by Gasteiger charge is -2.31. The molecule has 2 unspecified atom stereocenters. The van der Waals surface area contributed by atoms with Crippen LogP contribution in [-0.4, -0.2) is 5.90 Å². The molecule has 0 aromatic heterocycles. The molecule has 1 aliphatic rings. The van der Waals surface area contributed by atoms with Crippen LogP contribution in [0.4, 0.5) is 0 Å². The summed E-state index contributed by atoms with van der Waals surface area (Å²) in [4.78, 5) is 0. The molecule has 0 fully saturated rings. The molecule has 6 heteroatoms. The number of nitrogens with zero attached hydrogens (tertiary/aromatic N) is 1. The Bertz CT molecular complexity index is 1410. The van der Waals surface area contributed by atoms with Crippen molar-refractivity contribution >= 4 is 39.9 Å². The molecule has 4 nitrogen and oxygen atoms in total. The zero-order chi connectivity index (χ0) is 22.9. The largest absolute Gasteiger partial charge is 0.489 e. The normalized spacial score (nSPS) is 17.2. The Balaban J connectivity index is 1.45. The van der Waals surface area contributed by atoms with E-state index in [1.165, 1.54) is 0 Å². The van der Waals surface area contributed by atoms with Gasteiger partial charge in [-0.05, 0) is 40.8 Å². The van der Waals surface area contributed by atoms with Crippen molar-refractivity contribution in [2.45, 2.75) is 12.5 Å². The molecular weight excluding hydrogens is 455 g/mol. The van der Waals surface area contributed by atoms with Gasteiger partial charge < -0.3 is 9.47 Å². The first-order valence-electron chi connectivity index (χ1n) is 10.4. The lowest BCUT2D eigenvalue weighted by atomic mass is 9.78. The van der Waals surface area contributed by atoms with Crippen LogP contribution in [0.2, 0.25) is 10.0 Å². The number of nitrogens with one attached hydrogen (secondary N) is 1. The van der Waals surface area contributed by atoms with Crippen LogP contribution in [0.1, 0.15) is 22.6 Å². The maximum atomic E-state index is 9.82. The van der Waals surface area contributed by atoms with E-state index in [2.05, 4.69) is 6.07 Å². The van der Waals surface area contributed by atoms with Crippen LogP contribution in [0.5, 0.6) is 11.5 Å². The lowest BCUT2D eigenvalue weighted by Crippen LogP contribution is -2.31. The predicted octanol–water partition coefficient (Wildman–Crippen LogP) is 7.37. The van der Waals surface area contributed by atoms with Crippen LogP contribution in [-0.2, 0) is 6.61 Å². The molecule has 0 saturated carbocycles. The minimum Gasteiger partial charge on any atom is -0.489 e. The van der Waals surface area contributed by atoms with E-state index in [0.29, 0.717) is 28.2 Å². The van der Waals surface area contributed by atoms with E-state index in [-0.39, 0.29) is 11.8 Å². The minimum atomic E-state index is -0.707. The van der Waals surface area contributed by atoms with Crippen molar-refractivity contribution in [2.75, 3.05) is 0 Å². The van der Waals surface area contributed by atoms with Gasteiger partial charge in [-0.3, -0.25) is 5.41 Å². The highest BCUT2D eigenvalue weighted by molar-refractivity contribution is 6.42. The number of benzene rings is 4. The van der Waals surface area contributed by atoms with E-state index in [0.717, 1.165) is 27.5 Å². The Hall–Kier alpha value is -3.52. The number of hydrogen-bond donors (Lipinski definition) is 1.